The molecule has 1 aliphatic rings. The summed E-state index contributed by atoms with van der Waals surface area (Å²) in [5, 5.41) is 7.29. The fraction of sp³-hybridized carbons (Fsp3) is 0.308. The van der Waals surface area contributed by atoms with Gasteiger partial charge < -0.3 is 9.47 Å². The molecule has 0 aliphatic carbocycles. The molecule has 2 aromatic carbocycles. The fourth-order valence-corrected chi connectivity index (χ4v) is 4.45. The second-order valence-corrected chi connectivity index (χ2v) is 8.68. The van der Waals surface area contributed by atoms with Crippen LogP contribution in [0.4, 0.5) is 0 Å². The lowest BCUT2D eigenvalue weighted by atomic mass is 9.83. The van der Waals surface area contributed by atoms with E-state index in [1.807, 2.05) is 43.3 Å². The predicted octanol–water partition coefficient (Wildman–Crippen LogP) is 6.09. The van der Waals surface area contributed by atoms with E-state index >= 15 is 0 Å². The van der Waals surface area contributed by atoms with Crippen LogP contribution < -0.4 is 9.47 Å². The molecule has 1 aliphatic heterocycles. The van der Waals surface area contributed by atoms with Crippen molar-refractivity contribution in [3.05, 3.63) is 70.5 Å². The molecule has 5 nitrogen and oxygen atoms in total. The number of carbonyl (C=O) groups excluding carboxylic acids is 1. The maximum absolute atomic E-state index is 13.6. The Morgan fingerprint density at radius 3 is 2.75 bits per heavy atom. The Hall–Kier alpha value is -3.05. The van der Waals surface area contributed by atoms with Gasteiger partial charge >= 0.3 is 0 Å². The number of carbonyl (C=O) groups is 1. The molecule has 1 unspecified atom stereocenters. The number of hydrogen-bond acceptors (Lipinski definition) is 4. The number of ketones is 1. The molecule has 0 saturated heterocycles. The smallest absolute Gasteiger partial charge is 0.169 e. The highest BCUT2D eigenvalue weighted by atomic mass is 35.5. The van der Waals surface area contributed by atoms with Gasteiger partial charge in [-0.15, -0.1) is 0 Å². The highest BCUT2D eigenvalue weighted by Crippen LogP contribution is 2.36. The molecule has 2 heterocycles. The van der Waals surface area contributed by atoms with Crippen LogP contribution in [0.15, 0.2) is 48.7 Å². The minimum atomic E-state index is -0.246. The maximum atomic E-state index is 13.6. The Labute approximate surface area is 193 Å². The second kappa shape index (κ2) is 9.21. The van der Waals surface area contributed by atoms with Crippen LogP contribution in [0.1, 0.15) is 43.4 Å². The quantitative estimate of drug-likeness (QED) is 0.462. The molecule has 0 spiro atoms. The van der Waals surface area contributed by atoms with Crippen LogP contribution in [-0.2, 0) is 11.2 Å². The molecule has 0 bridgehead atoms. The first-order chi connectivity index (χ1) is 15.4. The first kappa shape index (κ1) is 22.2. The Kier molecular flexibility index (Phi) is 6.38. The van der Waals surface area contributed by atoms with Crippen molar-refractivity contribution in [2.75, 3.05) is 13.7 Å². The van der Waals surface area contributed by atoms with Gasteiger partial charge in [0.15, 0.2) is 5.78 Å². The van der Waals surface area contributed by atoms with Gasteiger partial charge in [0.1, 0.15) is 16.7 Å². The fourth-order valence-electron chi connectivity index (χ4n) is 4.24. The summed E-state index contributed by atoms with van der Waals surface area (Å²) in [5.41, 5.74) is 5.59. The number of H-pyrrole nitrogens is 1. The van der Waals surface area contributed by atoms with Crippen molar-refractivity contribution < 1.29 is 14.3 Å². The number of ether oxygens (including phenoxy) is 2. The third-order valence-electron chi connectivity index (χ3n) is 5.97. The Morgan fingerprint density at radius 2 is 2.09 bits per heavy atom. The zero-order chi connectivity index (χ0) is 22.8. The van der Waals surface area contributed by atoms with Crippen molar-refractivity contribution in [1.29, 1.82) is 0 Å². The van der Waals surface area contributed by atoms with E-state index in [-0.39, 0.29) is 17.6 Å². The minimum absolute atomic E-state index is 0.0944. The number of nitrogens with zero attached hydrogens (tertiary/aromatic N) is 1. The Morgan fingerprint density at radius 1 is 1.28 bits per heavy atom. The van der Waals surface area contributed by atoms with E-state index in [4.69, 9.17) is 21.1 Å². The van der Waals surface area contributed by atoms with E-state index in [9.17, 15) is 4.79 Å². The number of halogens is 1. The number of Topliss-reactive ketones (excluding diaryl/α,β-unsaturated/α-hetero) is 1. The van der Waals surface area contributed by atoms with Crippen LogP contribution >= 0.6 is 11.6 Å². The summed E-state index contributed by atoms with van der Waals surface area (Å²) in [4.78, 5) is 13.6. The molecule has 6 heteroatoms. The van der Waals surface area contributed by atoms with Gasteiger partial charge in [0, 0.05) is 11.1 Å². The zero-order valence-electron chi connectivity index (χ0n) is 18.7. The third kappa shape index (κ3) is 4.17. The molecule has 1 aromatic heterocycles. The van der Waals surface area contributed by atoms with Gasteiger partial charge in [-0.05, 0) is 59.7 Å². The molecular weight excluding hydrogens is 424 g/mol. The maximum Gasteiger partial charge on any atom is 0.169 e. The summed E-state index contributed by atoms with van der Waals surface area (Å²) in [6, 6.07) is 11.8. The summed E-state index contributed by atoms with van der Waals surface area (Å²) in [6.45, 7) is 6.54. The van der Waals surface area contributed by atoms with Crippen LogP contribution in [0.3, 0.4) is 0 Å². The molecule has 1 atom stereocenters. The van der Waals surface area contributed by atoms with Crippen LogP contribution in [0.2, 0.25) is 5.15 Å². The van der Waals surface area contributed by atoms with Gasteiger partial charge in [0.05, 0.1) is 25.8 Å². The number of rotatable bonds is 6. The molecule has 0 saturated carbocycles. The van der Waals surface area contributed by atoms with Crippen molar-refractivity contribution in [2.45, 2.75) is 33.1 Å². The van der Waals surface area contributed by atoms with E-state index in [0.29, 0.717) is 18.2 Å². The third-order valence-corrected chi connectivity index (χ3v) is 6.25. The monoisotopic (exact) mass is 450 g/mol. The van der Waals surface area contributed by atoms with Crippen molar-refractivity contribution in [3.63, 3.8) is 0 Å². The zero-order valence-corrected chi connectivity index (χ0v) is 19.5. The van der Waals surface area contributed by atoms with Crippen molar-refractivity contribution in [3.8, 4) is 22.6 Å². The van der Waals surface area contributed by atoms with E-state index in [1.54, 1.807) is 13.3 Å². The lowest BCUT2D eigenvalue weighted by Crippen LogP contribution is -2.29. The number of methoxy groups -OCH3 is 1. The normalized spacial score (nSPS) is 15.9. The van der Waals surface area contributed by atoms with Crippen LogP contribution in [-0.4, -0.2) is 29.7 Å². The molecule has 166 valence electrons. The number of benzene rings is 2. The first-order valence-electron chi connectivity index (χ1n) is 10.8. The van der Waals surface area contributed by atoms with Crippen LogP contribution in [0.5, 0.6) is 11.5 Å². The van der Waals surface area contributed by atoms with Gasteiger partial charge in [0.25, 0.3) is 0 Å². The van der Waals surface area contributed by atoms with Gasteiger partial charge in [-0.1, -0.05) is 49.7 Å². The molecule has 3 aromatic rings. The highest BCUT2D eigenvalue weighted by Gasteiger charge is 2.30. The predicted molar refractivity (Wildman–Crippen MR) is 127 cm³/mol. The van der Waals surface area contributed by atoms with E-state index in [0.717, 1.165) is 44.9 Å². The molecule has 1 N–H and O–H groups in total. The molecule has 0 radical (unpaired) electrons. The number of nitrogens with one attached hydrogen (secondary N) is 1. The van der Waals surface area contributed by atoms with Crippen molar-refractivity contribution >= 4 is 23.0 Å². The van der Waals surface area contributed by atoms with Crippen molar-refractivity contribution in [1.82, 2.24) is 10.2 Å². The molecule has 0 amide bonds. The number of aromatic amines is 1. The van der Waals surface area contributed by atoms with Gasteiger partial charge in [-0.3, -0.25) is 9.89 Å². The average Bonchev–Trinajstić information content (AvgIpc) is 3.24. The lowest BCUT2D eigenvalue weighted by Gasteiger charge is -2.26. The number of allylic oxidation sites excluding steroid dienone is 2. The van der Waals surface area contributed by atoms with Crippen LogP contribution in [0, 0.1) is 5.92 Å². The minimum Gasteiger partial charge on any atom is -0.497 e. The number of aromatic nitrogens is 2. The van der Waals surface area contributed by atoms with E-state index in [2.05, 4.69) is 30.1 Å². The number of hydrogen-bond donors (Lipinski definition) is 1. The topological polar surface area (TPSA) is 64.2 Å². The molecule has 4 rings (SSSR count). The summed E-state index contributed by atoms with van der Waals surface area (Å²) < 4.78 is 11.3. The van der Waals surface area contributed by atoms with Crippen LogP contribution in [0.25, 0.3) is 16.7 Å². The number of fused-ring (bicyclic) bond motifs is 1. The van der Waals surface area contributed by atoms with Gasteiger partial charge in [-0.2, -0.15) is 5.10 Å². The molecular formula is C26H27ClN2O3. The Bertz CT molecular complexity index is 1180. The molecule has 32 heavy (non-hydrogen) atoms. The largest absolute Gasteiger partial charge is 0.497 e. The Balaban J connectivity index is 1.66. The van der Waals surface area contributed by atoms with E-state index < -0.39 is 0 Å². The van der Waals surface area contributed by atoms with Gasteiger partial charge in [-0.25, -0.2) is 0 Å². The lowest BCUT2D eigenvalue weighted by molar-refractivity contribution is -0.118. The summed E-state index contributed by atoms with van der Waals surface area (Å²) in [7, 11) is 1.64. The average molecular weight is 451 g/mol. The standard InChI is InChI=1S/C26H27ClN2O3/c1-5-20(25(30)18-10-17-11-19(31-4)7-9-24(17)32-14-18)21-8-6-16(12-22(21)15(2)3)23-13-28-29-26(23)27/h5-9,11-13,15,18H,10,14H2,1-4H3,(H,28,29)/b20-5+. The summed E-state index contributed by atoms with van der Waals surface area (Å²) >= 11 is 6.24. The summed E-state index contributed by atoms with van der Waals surface area (Å²) in [6.07, 6.45) is 4.26. The summed E-state index contributed by atoms with van der Waals surface area (Å²) in [5.74, 6) is 1.66. The van der Waals surface area contributed by atoms with Gasteiger partial charge in [0.2, 0.25) is 0 Å². The molecule has 0 fully saturated rings. The second-order valence-electron chi connectivity index (χ2n) is 8.31. The van der Waals surface area contributed by atoms with E-state index in [1.165, 1.54) is 0 Å². The highest BCUT2D eigenvalue weighted by molar-refractivity contribution is 6.32. The SMILES string of the molecule is C/C=C(/C(=O)C1COc2ccc(OC)cc2C1)c1ccc(-c2cn[nH]c2Cl)cc1C(C)C. The first-order valence-corrected chi connectivity index (χ1v) is 11.1. The van der Waals surface area contributed by atoms with Crippen molar-refractivity contribution in [2.24, 2.45) is 5.92 Å².